The molecule has 0 bridgehead atoms. The number of carbonyl (C=O) groups is 1. The van der Waals surface area contributed by atoms with Crippen LogP contribution in [0.25, 0.3) is 5.57 Å². The lowest BCUT2D eigenvalue weighted by atomic mass is 9.84. The Morgan fingerprint density at radius 1 is 1.18 bits per heavy atom. The van der Waals surface area contributed by atoms with Gasteiger partial charge in [-0.05, 0) is 92.2 Å². The third kappa shape index (κ3) is 8.50. The third-order valence-corrected chi connectivity index (χ3v) is 8.46. The van der Waals surface area contributed by atoms with Crippen LogP contribution < -0.4 is 0 Å². The molecular weight excluding hydrogens is 476 g/mol. The molecule has 1 fully saturated rings. The summed E-state index contributed by atoms with van der Waals surface area (Å²) < 4.78 is 0. The fourth-order valence-electron chi connectivity index (χ4n) is 6.06. The van der Waals surface area contributed by atoms with Gasteiger partial charge in [0.25, 0.3) is 0 Å². The van der Waals surface area contributed by atoms with Crippen LogP contribution in [-0.4, -0.2) is 17.0 Å². The van der Waals surface area contributed by atoms with Crippen LogP contribution in [0.1, 0.15) is 120 Å². The molecule has 1 heterocycles. The van der Waals surface area contributed by atoms with Gasteiger partial charge in [-0.1, -0.05) is 83.1 Å². The summed E-state index contributed by atoms with van der Waals surface area (Å²) in [7, 11) is 0. The highest BCUT2D eigenvalue weighted by Gasteiger charge is 2.25. The first-order chi connectivity index (χ1) is 19.0. The zero-order chi connectivity index (χ0) is 28.2. The van der Waals surface area contributed by atoms with Gasteiger partial charge in [-0.25, -0.2) is 0 Å². The van der Waals surface area contributed by atoms with Crippen LogP contribution in [0.5, 0.6) is 0 Å². The standard InChI is InChI=1S/C34H41N2O.C2H6.H2/c1-5-20-35-23-24(2)28-15-17-29(18-16-28)25(3)34-22-31-13-9-12-30(26(4)37)21-32(31)33(36-34)19-14-27-10-7-6-8-11-27;1-2;/h1,15-18,20,22-23,25,27,30H,2,6-14,19,21H2,3-4H3;1-2H3;1H/b24-23+,35-20?;;. The first kappa shape index (κ1) is 30.6. The molecule has 1 saturated carbocycles. The Balaban J connectivity index is 0.00000183. The number of benzene rings is 1. The number of fused-ring (bicyclic) bond motifs is 1. The highest BCUT2D eigenvalue weighted by atomic mass is 16.1. The second-order valence-electron chi connectivity index (χ2n) is 11.0. The van der Waals surface area contributed by atoms with Crippen LogP contribution in [-0.2, 0) is 24.1 Å². The van der Waals surface area contributed by atoms with E-state index in [4.69, 9.17) is 11.4 Å². The Hall–Kier alpha value is -2.99. The smallest absolute Gasteiger partial charge is 0.133 e. The van der Waals surface area contributed by atoms with Crippen molar-refractivity contribution in [2.24, 2.45) is 16.8 Å². The van der Waals surface area contributed by atoms with Crippen molar-refractivity contribution >= 4 is 17.6 Å². The second kappa shape index (κ2) is 15.6. The fraction of sp³-hybridized carbons (Fsp3) is 0.500. The summed E-state index contributed by atoms with van der Waals surface area (Å²) in [6.45, 7) is 12.1. The summed E-state index contributed by atoms with van der Waals surface area (Å²) in [5.41, 5.74) is 8.30. The Bertz CT molecular complexity index is 1180. The van der Waals surface area contributed by atoms with Gasteiger partial charge in [0.05, 0.1) is 6.21 Å². The van der Waals surface area contributed by atoms with E-state index in [0.717, 1.165) is 54.9 Å². The average molecular weight is 526 g/mol. The first-order valence-electron chi connectivity index (χ1n) is 15.1. The molecule has 3 nitrogen and oxygen atoms in total. The molecule has 2 aliphatic rings. The number of aromatic nitrogens is 1. The quantitative estimate of drug-likeness (QED) is 0.196. The summed E-state index contributed by atoms with van der Waals surface area (Å²) in [4.78, 5) is 21.7. The first-order valence-corrected chi connectivity index (χ1v) is 15.1. The third-order valence-electron chi connectivity index (χ3n) is 8.46. The van der Waals surface area contributed by atoms with Crippen LogP contribution in [0.3, 0.4) is 0 Å². The molecular formula is C36H49N2O. The lowest BCUT2D eigenvalue weighted by Crippen LogP contribution is -2.16. The van der Waals surface area contributed by atoms with Crippen LogP contribution in [0.2, 0.25) is 0 Å². The number of allylic oxidation sites excluding steroid dienone is 1. The van der Waals surface area contributed by atoms with Crippen molar-refractivity contribution in [3.63, 3.8) is 0 Å². The Morgan fingerprint density at radius 2 is 1.90 bits per heavy atom. The molecule has 2 atom stereocenters. The van der Waals surface area contributed by atoms with Gasteiger partial charge in [0.2, 0.25) is 0 Å². The Labute approximate surface area is 239 Å². The van der Waals surface area contributed by atoms with Gasteiger partial charge in [-0.15, -0.1) is 6.42 Å². The van der Waals surface area contributed by atoms with E-state index in [2.05, 4.69) is 55.1 Å². The van der Waals surface area contributed by atoms with E-state index in [-0.39, 0.29) is 13.3 Å². The number of Topliss-reactive ketones (excluding diaryl/α,β-unsaturated/α-hetero) is 1. The van der Waals surface area contributed by atoms with Crippen molar-refractivity contribution in [3.8, 4) is 12.3 Å². The maximum atomic E-state index is 12.3. The van der Waals surface area contributed by atoms with E-state index in [0.29, 0.717) is 5.78 Å². The molecule has 2 aliphatic carbocycles. The number of aryl methyl sites for hydroxylation is 2. The van der Waals surface area contributed by atoms with Crippen molar-refractivity contribution in [3.05, 3.63) is 77.1 Å². The molecule has 209 valence electrons. The molecule has 2 aromatic rings. The van der Waals surface area contributed by atoms with Gasteiger partial charge in [0, 0.05) is 30.9 Å². The molecule has 0 aliphatic heterocycles. The van der Waals surface area contributed by atoms with E-state index in [1.165, 1.54) is 67.1 Å². The zero-order valence-corrected chi connectivity index (χ0v) is 24.6. The minimum atomic E-state index is 0. The molecule has 0 saturated heterocycles. The summed E-state index contributed by atoms with van der Waals surface area (Å²) >= 11 is 0. The number of hydrogen-bond donors (Lipinski definition) is 0. The van der Waals surface area contributed by atoms with Gasteiger partial charge in [0.15, 0.2) is 0 Å². The number of nitrogens with zero attached hydrogens (tertiary/aromatic N) is 2. The van der Waals surface area contributed by atoms with E-state index in [9.17, 15) is 4.79 Å². The molecule has 1 aromatic heterocycles. The van der Waals surface area contributed by atoms with Gasteiger partial charge < -0.3 is 0 Å². The SMILES string of the molecule is C#CC=N/C=C(\[CH2])c1ccc(C(C)c2cc3c(c(CCC4CCCCC4)n2)CC(C(C)=O)CCC3)cc1.CC.[HH]. The second-order valence-corrected chi connectivity index (χ2v) is 11.0. The van der Waals surface area contributed by atoms with Crippen LogP contribution in [0, 0.1) is 31.1 Å². The van der Waals surface area contributed by atoms with Gasteiger partial charge in [0.1, 0.15) is 5.78 Å². The fourth-order valence-corrected chi connectivity index (χ4v) is 6.06. The van der Waals surface area contributed by atoms with E-state index >= 15 is 0 Å². The number of rotatable bonds is 8. The molecule has 4 rings (SSSR count). The molecule has 0 N–H and O–H groups in total. The molecule has 1 aromatic carbocycles. The number of ketones is 1. The predicted molar refractivity (Wildman–Crippen MR) is 168 cm³/mol. The number of aliphatic imine (C=N–C) groups is 1. The minimum absolute atomic E-state index is 0. The van der Waals surface area contributed by atoms with Crippen molar-refractivity contribution in [2.75, 3.05) is 0 Å². The molecule has 3 heteroatoms. The predicted octanol–water partition coefficient (Wildman–Crippen LogP) is 8.98. The molecule has 39 heavy (non-hydrogen) atoms. The maximum Gasteiger partial charge on any atom is 0.133 e. The van der Waals surface area contributed by atoms with Gasteiger partial charge in [-0.3, -0.25) is 14.8 Å². The Morgan fingerprint density at radius 3 is 2.56 bits per heavy atom. The van der Waals surface area contributed by atoms with E-state index in [1.807, 2.05) is 13.8 Å². The Kier molecular flexibility index (Phi) is 12.2. The van der Waals surface area contributed by atoms with Crippen LogP contribution in [0.4, 0.5) is 0 Å². The van der Waals surface area contributed by atoms with Crippen LogP contribution in [0.15, 0.2) is 41.5 Å². The lowest BCUT2D eigenvalue weighted by molar-refractivity contribution is -0.120. The summed E-state index contributed by atoms with van der Waals surface area (Å²) in [5, 5.41) is 0. The molecule has 2 unspecified atom stereocenters. The molecule has 0 spiro atoms. The molecule has 1 radical (unpaired) electrons. The summed E-state index contributed by atoms with van der Waals surface area (Å²) in [5.74, 6) is 3.88. The van der Waals surface area contributed by atoms with Gasteiger partial charge >= 0.3 is 0 Å². The normalized spacial score (nSPS) is 18.9. The lowest BCUT2D eigenvalue weighted by Gasteiger charge is -2.23. The number of hydrogen-bond acceptors (Lipinski definition) is 3. The summed E-state index contributed by atoms with van der Waals surface area (Å²) in [6.07, 6.45) is 21.4. The van der Waals surface area contributed by atoms with Crippen LogP contribution >= 0.6 is 0 Å². The highest BCUT2D eigenvalue weighted by molar-refractivity contribution is 5.79. The highest BCUT2D eigenvalue weighted by Crippen LogP contribution is 2.34. The number of carbonyl (C=O) groups excluding carboxylic acids is 1. The maximum absolute atomic E-state index is 12.3. The van der Waals surface area contributed by atoms with Crippen molar-refractivity contribution in [1.82, 2.24) is 4.98 Å². The van der Waals surface area contributed by atoms with Crippen molar-refractivity contribution in [1.29, 1.82) is 0 Å². The molecule has 0 amide bonds. The summed E-state index contributed by atoms with van der Waals surface area (Å²) in [6, 6.07) is 10.9. The van der Waals surface area contributed by atoms with Gasteiger partial charge in [-0.2, -0.15) is 0 Å². The van der Waals surface area contributed by atoms with E-state index < -0.39 is 0 Å². The number of pyridine rings is 1. The monoisotopic (exact) mass is 525 g/mol. The van der Waals surface area contributed by atoms with Crippen molar-refractivity contribution < 1.29 is 6.22 Å². The average Bonchev–Trinajstić information content (AvgIpc) is 3.20. The topological polar surface area (TPSA) is 42.3 Å². The number of terminal acetylenes is 1. The minimum Gasteiger partial charge on any atom is -0.300 e. The van der Waals surface area contributed by atoms with Crippen molar-refractivity contribution in [2.45, 2.75) is 104 Å². The zero-order valence-electron chi connectivity index (χ0n) is 24.6. The van der Waals surface area contributed by atoms with E-state index in [1.54, 1.807) is 13.1 Å². The largest absolute Gasteiger partial charge is 0.300 e.